The summed E-state index contributed by atoms with van der Waals surface area (Å²) in [5.41, 5.74) is 0. The first kappa shape index (κ1) is 15.5. The molecule has 0 saturated carbocycles. The van der Waals surface area contributed by atoms with Crippen molar-refractivity contribution < 1.29 is 9.53 Å². The Morgan fingerprint density at radius 2 is 2.14 bits per heavy atom. The smallest absolute Gasteiger partial charge is 0.220 e. The molecule has 0 radical (unpaired) electrons. The number of nitrogens with one attached hydrogen (secondary N) is 1. The molecule has 0 aromatic carbocycles. The van der Waals surface area contributed by atoms with Gasteiger partial charge in [-0.15, -0.1) is 0 Å². The van der Waals surface area contributed by atoms with Gasteiger partial charge in [0.05, 0.1) is 25.3 Å². The van der Waals surface area contributed by atoms with Gasteiger partial charge in [0.1, 0.15) is 0 Å². The van der Waals surface area contributed by atoms with Gasteiger partial charge in [-0.05, 0) is 38.4 Å². The Morgan fingerprint density at radius 1 is 1.27 bits per heavy atom. The molecule has 3 heterocycles. The molecule has 122 valence electrons. The highest BCUT2D eigenvalue weighted by atomic mass is 16.5. The van der Waals surface area contributed by atoms with Gasteiger partial charge in [0.2, 0.25) is 5.91 Å². The molecule has 0 aliphatic carbocycles. The fourth-order valence-electron chi connectivity index (χ4n) is 3.40. The van der Waals surface area contributed by atoms with Crippen molar-refractivity contribution in [2.75, 3.05) is 26.3 Å². The zero-order chi connectivity index (χ0) is 15.2. The summed E-state index contributed by atoms with van der Waals surface area (Å²) in [6.45, 7) is 4.46. The van der Waals surface area contributed by atoms with E-state index in [-0.39, 0.29) is 11.9 Å². The maximum atomic E-state index is 12.1. The Hall–Kier alpha value is -1.40. The largest absolute Gasteiger partial charge is 0.378 e. The van der Waals surface area contributed by atoms with Gasteiger partial charge in [-0.2, -0.15) is 5.10 Å². The quantitative estimate of drug-likeness (QED) is 0.853. The van der Waals surface area contributed by atoms with Crippen LogP contribution >= 0.6 is 0 Å². The first-order chi connectivity index (χ1) is 10.8. The van der Waals surface area contributed by atoms with Crippen molar-refractivity contribution in [3.63, 3.8) is 0 Å². The molecule has 0 bridgehead atoms. The van der Waals surface area contributed by atoms with Crippen LogP contribution in [-0.2, 0) is 16.1 Å². The van der Waals surface area contributed by atoms with E-state index in [1.807, 2.05) is 16.9 Å². The van der Waals surface area contributed by atoms with E-state index in [4.69, 9.17) is 4.74 Å². The number of aryl methyl sites for hydroxylation is 1. The van der Waals surface area contributed by atoms with Crippen molar-refractivity contribution >= 4 is 5.91 Å². The van der Waals surface area contributed by atoms with E-state index >= 15 is 0 Å². The van der Waals surface area contributed by atoms with Gasteiger partial charge >= 0.3 is 0 Å². The third-order valence-electron chi connectivity index (χ3n) is 4.61. The number of amides is 1. The normalized spacial score (nSPS) is 26.2. The fourth-order valence-corrected chi connectivity index (χ4v) is 3.40. The number of nitrogens with zero attached hydrogens (tertiary/aromatic N) is 3. The van der Waals surface area contributed by atoms with Crippen LogP contribution in [0.5, 0.6) is 0 Å². The molecule has 1 aromatic rings. The molecule has 2 atom stereocenters. The van der Waals surface area contributed by atoms with E-state index in [9.17, 15) is 4.79 Å². The minimum Gasteiger partial charge on any atom is -0.378 e. The van der Waals surface area contributed by atoms with Gasteiger partial charge in [0.15, 0.2) is 0 Å². The lowest BCUT2D eigenvalue weighted by Crippen LogP contribution is -2.52. The number of piperidine rings is 1. The topological polar surface area (TPSA) is 59.4 Å². The Bertz CT molecular complexity index is 457. The van der Waals surface area contributed by atoms with Crippen LogP contribution in [0.3, 0.4) is 0 Å². The number of likely N-dealkylation sites (tertiary alicyclic amines) is 1. The predicted molar refractivity (Wildman–Crippen MR) is 83.4 cm³/mol. The molecular formula is C16H26N4O2. The highest BCUT2D eigenvalue weighted by molar-refractivity contribution is 5.76. The number of carbonyl (C=O) groups excluding carboxylic acids is 1. The fraction of sp³-hybridized carbons (Fsp3) is 0.750. The van der Waals surface area contributed by atoms with Crippen molar-refractivity contribution in [2.24, 2.45) is 0 Å². The van der Waals surface area contributed by atoms with Crippen molar-refractivity contribution in [3.8, 4) is 0 Å². The summed E-state index contributed by atoms with van der Waals surface area (Å²) in [5.74, 6) is 0.129. The van der Waals surface area contributed by atoms with E-state index in [1.165, 1.54) is 19.3 Å². The molecule has 1 aromatic heterocycles. The van der Waals surface area contributed by atoms with Crippen LogP contribution in [0, 0.1) is 0 Å². The van der Waals surface area contributed by atoms with Gasteiger partial charge in [-0.1, -0.05) is 6.42 Å². The minimum atomic E-state index is 0.129. The van der Waals surface area contributed by atoms with Crippen LogP contribution in [0.1, 0.15) is 32.1 Å². The van der Waals surface area contributed by atoms with Gasteiger partial charge < -0.3 is 10.1 Å². The van der Waals surface area contributed by atoms with Crippen LogP contribution in [0.2, 0.25) is 0 Å². The number of ether oxygens (including phenoxy) is 1. The second kappa shape index (κ2) is 7.74. The first-order valence-electron chi connectivity index (χ1n) is 8.41. The first-order valence-corrected chi connectivity index (χ1v) is 8.41. The zero-order valence-corrected chi connectivity index (χ0v) is 13.1. The van der Waals surface area contributed by atoms with Crippen molar-refractivity contribution in [3.05, 3.63) is 18.5 Å². The summed E-state index contributed by atoms with van der Waals surface area (Å²) in [7, 11) is 0. The highest BCUT2D eigenvalue weighted by Gasteiger charge is 2.34. The molecule has 2 aliphatic rings. The highest BCUT2D eigenvalue weighted by Crippen LogP contribution is 2.19. The van der Waals surface area contributed by atoms with Crippen LogP contribution in [-0.4, -0.2) is 59.0 Å². The molecule has 6 heteroatoms. The Morgan fingerprint density at radius 3 is 2.91 bits per heavy atom. The molecule has 0 spiro atoms. The van der Waals surface area contributed by atoms with Gasteiger partial charge in [0.25, 0.3) is 0 Å². The average molecular weight is 306 g/mol. The van der Waals surface area contributed by atoms with Crippen molar-refractivity contribution in [1.29, 1.82) is 0 Å². The van der Waals surface area contributed by atoms with Crippen LogP contribution in [0.4, 0.5) is 0 Å². The molecule has 6 nitrogen and oxygen atoms in total. The number of rotatable bonds is 6. The number of hydrogen-bond acceptors (Lipinski definition) is 4. The lowest BCUT2D eigenvalue weighted by molar-refractivity contribution is -0.122. The molecule has 0 unspecified atom stereocenters. The molecule has 22 heavy (non-hydrogen) atoms. The van der Waals surface area contributed by atoms with Crippen LogP contribution < -0.4 is 5.32 Å². The average Bonchev–Trinajstić information content (AvgIpc) is 3.20. The minimum absolute atomic E-state index is 0.129. The van der Waals surface area contributed by atoms with E-state index < -0.39 is 0 Å². The second-order valence-electron chi connectivity index (χ2n) is 6.25. The summed E-state index contributed by atoms with van der Waals surface area (Å²) in [5, 5.41) is 7.32. The van der Waals surface area contributed by atoms with E-state index in [1.54, 1.807) is 6.20 Å². The lowest BCUT2D eigenvalue weighted by atomic mass is 10.0. The predicted octanol–water partition coefficient (Wildman–Crippen LogP) is 1.03. The second-order valence-corrected chi connectivity index (χ2v) is 6.25. The third kappa shape index (κ3) is 4.08. The molecule has 2 aliphatic heterocycles. The summed E-state index contributed by atoms with van der Waals surface area (Å²) >= 11 is 0. The van der Waals surface area contributed by atoms with Gasteiger partial charge in [-0.25, -0.2) is 0 Å². The zero-order valence-electron chi connectivity index (χ0n) is 13.1. The van der Waals surface area contributed by atoms with Crippen molar-refractivity contribution in [2.45, 2.75) is 50.7 Å². The standard InChI is InChI=1S/C16H26N4O2/c21-16(6-4-10-20-11-5-7-17-20)18-14-12-22-13-15(14)19-8-2-1-3-9-19/h5,7,11,14-15H,1-4,6,8-10,12-13H2,(H,18,21)/t14-,15-/m0/s1. The van der Waals surface area contributed by atoms with Crippen LogP contribution in [0.25, 0.3) is 0 Å². The maximum Gasteiger partial charge on any atom is 0.220 e. The lowest BCUT2D eigenvalue weighted by Gasteiger charge is -2.34. The molecular weight excluding hydrogens is 280 g/mol. The van der Waals surface area contributed by atoms with Gasteiger partial charge in [0, 0.05) is 25.4 Å². The molecule has 1 amide bonds. The molecule has 2 saturated heterocycles. The summed E-state index contributed by atoms with van der Waals surface area (Å²) < 4.78 is 7.48. The number of aromatic nitrogens is 2. The van der Waals surface area contributed by atoms with E-state index in [0.717, 1.165) is 32.7 Å². The molecule has 1 N–H and O–H groups in total. The third-order valence-corrected chi connectivity index (χ3v) is 4.61. The Labute approximate surface area is 131 Å². The maximum absolute atomic E-state index is 12.1. The van der Waals surface area contributed by atoms with E-state index in [0.29, 0.717) is 19.1 Å². The van der Waals surface area contributed by atoms with Gasteiger partial charge in [-0.3, -0.25) is 14.4 Å². The molecule has 3 rings (SSSR count). The monoisotopic (exact) mass is 306 g/mol. The molecule has 2 fully saturated rings. The summed E-state index contributed by atoms with van der Waals surface area (Å²) in [6.07, 6.45) is 8.91. The van der Waals surface area contributed by atoms with Crippen molar-refractivity contribution in [1.82, 2.24) is 20.0 Å². The summed E-state index contributed by atoms with van der Waals surface area (Å²) in [4.78, 5) is 14.6. The van der Waals surface area contributed by atoms with E-state index in [2.05, 4.69) is 15.3 Å². The summed E-state index contributed by atoms with van der Waals surface area (Å²) in [6, 6.07) is 2.41. The number of carbonyl (C=O) groups is 1. The Balaban J connectivity index is 1.41. The Kier molecular flexibility index (Phi) is 5.45. The van der Waals surface area contributed by atoms with Crippen LogP contribution in [0.15, 0.2) is 18.5 Å². The SMILES string of the molecule is O=C(CCCn1cccn1)N[C@H]1COC[C@@H]1N1CCCCC1. The number of hydrogen-bond donors (Lipinski definition) is 1.